The molecule has 0 aromatic heterocycles. The molecule has 1 saturated heterocycles. The number of sulfone groups is 1. The van der Waals surface area contributed by atoms with Crippen LogP contribution in [0.4, 0.5) is 0 Å². The van der Waals surface area contributed by atoms with Gasteiger partial charge in [-0.2, -0.15) is 0 Å². The molecule has 0 aromatic rings. The summed E-state index contributed by atoms with van der Waals surface area (Å²) >= 11 is 0. The zero-order valence-corrected chi connectivity index (χ0v) is 9.35. The Morgan fingerprint density at radius 2 is 1.64 bits per heavy atom. The average molecular weight is 217 g/mol. The van der Waals surface area contributed by atoms with Crippen molar-refractivity contribution in [2.45, 2.75) is 49.0 Å². The van der Waals surface area contributed by atoms with Crippen molar-refractivity contribution in [2.75, 3.05) is 13.1 Å². The van der Waals surface area contributed by atoms with Crippen molar-refractivity contribution in [3.8, 4) is 0 Å². The first-order valence-electron chi connectivity index (χ1n) is 5.64. The molecule has 2 fully saturated rings. The highest BCUT2D eigenvalue weighted by Crippen LogP contribution is 2.27. The second kappa shape index (κ2) is 4.19. The van der Waals surface area contributed by atoms with E-state index in [2.05, 4.69) is 5.32 Å². The lowest BCUT2D eigenvalue weighted by Gasteiger charge is -2.24. The van der Waals surface area contributed by atoms with Gasteiger partial charge in [0.15, 0.2) is 9.84 Å². The maximum atomic E-state index is 12.1. The Balaban J connectivity index is 2.05. The van der Waals surface area contributed by atoms with Gasteiger partial charge in [-0.25, -0.2) is 8.42 Å². The third kappa shape index (κ3) is 1.96. The van der Waals surface area contributed by atoms with Crippen LogP contribution in [-0.4, -0.2) is 32.0 Å². The monoisotopic (exact) mass is 217 g/mol. The van der Waals surface area contributed by atoms with Crippen LogP contribution in [0.5, 0.6) is 0 Å². The van der Waals surface area contributed by atoms with Crippen molar-refractivity contribution < 1.29 is 8.42 Å². The van der Waals surface area contributed by atoms with Crippen molar-refractivity contribution in [3.63, 3.8) is 0 Å². The topological polar surface area (TPSA) is 46.2 Å². The number of nitrogens with one attached hydrogen (secondary N) is 1. The van der Waals surface area contributed by atoms with E-state index in [1.54, 1.807) is 0 Å². The fraction of sp³-hybridized carbons (Fsp3) is 1.00. The number of hydrogen-bond acceptors (Lipinski definition) is 3. The van der Waals surface area contributed by atoms with Gasteiger partial charge in [0.25, 0.3) is 0 Å². The Hall–Kier alpha value is -0.0900. The SMILES string of the molecule is O=S(=O)(C1CCCCC1)[C@@H]1CCNC1. The molecule has 1 aliphatic heterocycles. The van der Waals surface area contributed by atoms with Crippen molar-refractivity contribution in [1.82, 2.24) is 5.32 Å². The molecule has 82 valence electrons. The van der Waals surface area contributed by atoms with Gasteiger partial charge >= 0.3 is 0 Å². The molecule has 1 saturated carbocycles. The molecule has 14 heavy (non-hydrogen) atoms. The summed E-state index contributed by atoms with van der Waals surface area (Å²) in [5.41, 5.74) is 0. The average Bonchev–Trinajstić information content (AvgIpc) is 2.72. The highest BCUT2D eigenvalue weighted by Gasteiger charge is 2.35. The van der Waals surface area contributed by atoms with Crippen molar-refractivity contribution in [1.29, 1.82) is 0 Å². The molecule has 0 radical (unpaired) electrons. The molecule has 1 aliphatic carbocycles. The summed E-state index contributed by atoms with van der Waals surface area (Å²) in [5, 5.41) is 3.02. The molecule has 1 atom stereocenters. The minimum absolute atomic E-state index is 0.0267. The van der Waals surface area contributed by atoms with Crippen LogP contribution in [0.3, 0.4) is 0 Å². The van der Waals surface area contributed by atoms with E-state index in [1.165, 1.54) is 6.42 Å². The normalized spacial score (nSPS) is 30.7. The molecule has 3 nitrogen and oxygen atoms in total. The maximum absolute atomic E-state index is 12.1. The fourth-order valence-corrected chi connectivity index (χ4v) is 4.91. The lowest BCUT2D eigenvalue weighted by Crippen LogP contribution is -2.34. The quantitative estimate of drug-likeness (QED) is 0.753. The smallest absolute Gasteiger partial charge is 0.157 e. The van der Waals surface area contributed by atoms with Crippen molar-refractivity contribution in [3.05, 3.63) is 0 Å². The molecule has 0 amide bonds. The minimum Gasteiger partial charge on any atom is -0.315 e. The Morgan fingerprint density at radius 1 is 0.929 bits per heavy atom. The standard InChI is InChI=1S/C10H19NO2S/c12-14(13,10-6-7-11-8-10)9-4-2-1-3-5-9/h9-11H,1-8H2/t10-/m1/s1. The van der Waals surface area contributed by atoms with Crippen LogP contribution in [0.2, 0.25) is 0 Å². The van der Waals surface area contributed by atoms with Gasteiger partial charge in [0.1, 0.15) is 0 Å². The second-order valence-electron chi connectivity index (χ2n) is 4.46. The molecule has 0 unspecified atom stereocenters. The Kier molecular flexibility index (Phi) is 3.12. The van der Waals surface area contributed by atoms with Crippen LogP contribution in [0.1, 0.15) is 38.5 Å². The van der Waals surface area contributed by atoms with Gasteiger partial charge in [-0.05, 0) is 25.8 Å². The third-order valence-electron chi connectivity index (χ3n) is 3.50. The first-order valence-corrected chi connectivity index (χ1v) is 7.25. The van der Waals surface area contributed by atoms with Crippen LogP contribution in [0, 0.1) is 0 Å². The summed E-state index contributed by atoms with van der Waals surface area (Å²) in [6, 6.07) is 0. The van der Waals surface area contributed by atoms with Crippen LogP contribution >= 0.6 is 0 Å². The van der Waals surface area contributed by atoms with E-state index in [1.807, 2.05) is 0 Å². The van der Waals surface area contributed by atoms with E-state index in [0.717, 1.165) is 38.6 Å². The van der Waals surface area contributed by atoms with E-state index in [4.69, 9.17) is 0 Å². The molecule has 0 spiro atoms. The van der Waals surface area contributed by atoms with E-state index in [0.29, 0.717) is 6.54 Å². The highest BCUT2D eigenvalue weighted by molar-refractivity contribution is 7.92. The molecule has 0 aromatic carbocycles. The molecule has 1 N–H and O–H groups in total. The Labute approximate surface area is 86.2 Å². The van der Waals surface area contributed by atoms with E-state index in [9.17, 15) is 8.42 Å². The largest absolute Gasteiger partial charge is 0.315 e. The Morgan fingerprint density at radius 3 is 2.21 bits per heavy atom. The lowest BCUT2D eigenvalue weighted by atomic mass is 10.0. The van der Waals surface area contributed by atoms with Crippen LogP contribution in [-0.2, 0) is 9.84 Å². The Bertz CT molecular complexity index is 274. The van der Waals surface area contributed by atoms with Gasteiger partial charge in [0.05, 0.1) is 10.5 Å². The predicted molar refractivity (Wildman–Crippen MR) is 57.1 cm³/mol. The highest BCUT2D eigenvalue weighted by atomic mass is 32.2. The summed E-state index contributed by atoms with van der Waals surface area (Å²) in [6.07, 6.45) is 6.04. The van der Waals surface area contributed by atoms with Crippen molar-refractivity contribution in [2.24, 2.45) is 0 Å². The third-order valence-corrected chi connectivity index (χ3v) is 6.23. The predicted octanol–water partition coefficient (Wildman–Crippen LogP) is 1.10. The molecule has 4 heteroatoms. The van der Waals surface area contributed by atoms with Crippen LogP contribution < -0.4 is 5.32 Å². The fourth-order valence-electron chi connectivity index (χ4n) is 2.57. The van der Waals surface area contributed by atoms with Crippen LogP contribution in [0.25, 0.3) is 0 Å². The molecule has 1 heterocycles. The number of hydrogen-bond donors (Lipinski definition) is 1. The summed E-state index contributed by atoms with van der Waals surface area (Å²) in [6.45, 7) is 1.55. The van der Waals surface area contributed by atoms with Gasteiger partial charge in [0, 0.05) is 6.54 Å². The molecular weight excluding hydrogens is 198 g/mol. The lowest BCUT2D eigenvalue weighted by molar-refractivity contribution is 0.478. The summed E-state index contributed by atoms with van der Waals surface area (Å²) in [5.74, 6) is 0. The molecule has 0 bridgehead atoms. The van der Waals surface area contributed by atoms with Crippen molar-refractivity contribution >= 4 is 9.84 Å². The van der Waals surface area contributed by atoms with E-state index >= 15 is 0 Å². The molecule has 2 rings (SSSR count). The summed E-state index contributed by atoms with van der Waals surface area (Å²) in [7, 11) is -2.82. The van der Waals surface area contributed by atoms with Gasteiger partial charge in [-0.1, -0.05) is 19.3 Å². The molecule has 2 aliphatic rings. The van der Waals surface area contributed by atoms with Gasteiger partial charge in [-0.15, -0.1) is 0 Å². The zero-order valence-electron chi connectivity index (χ0n) is 8.54. The van der Waals surface area contributed by atoms with E-state index < -0.39 is 9.84 Å². The van der Waals surface area contributed by atoms with Crippen LogP contribution in [0.15, 0.2) is 0 Å². The second-order valence-corrected chi connectivity index (χ2v) is 6.98. The van der Waals surface area contributed by atoms with Gasteiger partial charge in [-0.3, -0.25) is 0 Å². The first-order chi connectivity index (χ1) is 6.71. The number of rotatable bonds is 2. The maximum Gasteiger partial charge on any atom is 0.157 e. The summed E-state index contributed by atoms with van der Waals surface area (Å²) < 4.78 is 24.3. The van der Waals surface area contributed by atoms with E-state index in [-0.39, 0.29) is 10.5 Å². The van der Waals surface area contributed by atoms with Gasteiger partial charge in [0.2, 0.25) is 0 Å². The molecular formula is C10H19NO2S. The first kappa shape index (κ1) is 10.4. The zero-order chi connectivity index (χ0) is 10.0. The van der Waals surface area contributed by atoms with Gasteiger partial charge < -0.3 is 5.32 Å². The minimum atomic E-state index is -2.82. The summed E-state index contributed by atoms with van der Waals surface area (Å²) in [4.78, 5) is 0.